The van der Waals surface area contributed by atoms with E-state index in [4.69, 9.17) is 10.5 Å². The maximum atomic E-state index is 11.1. The first-order valence-electron chi connectivity index (χ1n) is 6.42. The molecule has 0 spiro atoms. The monoisotopic (exact) mass is 266 g/mol. The molecule has 2 rings (SSSR count). The van der Waals surface area contributed by atoms with Crippen LogP contribution in [0, 0.1) is 23.0 Å². The molecular formula is C12H18N4O3. The van der Waals surface area contributed by atoms with Crippen LogP contribution in [-0.2, 0) is 0 Å². The highest BCUT2D eigenvalue weighted by molar-refractivity contribution is 5.47. The van der Waals surface area contributed by atoms with Gasteiger partial charge in [0.05, 0.1) is 4.92 Å². The van der Waals surface area contributed by atoms with Crippen LogP contribution in [0.5, 0.6) is 5.88 Å². The van der Waals surface area contributed by atoms with Crippen molar-refractivity contribution in [3.63, 3.8) is 0 Å². The summed E-state index contributed by atoms with van der Waals surface area (Å²) in [6.07, 6.45) is 3.99. The molecule has 0 aromatic carbocycles. The molecular weight excluding hydrogens is 248 g/mol. The summed E-state index contributed by atoms with van der Waals surface area (Å²) >= 11 is 0. The van der Waals surface area contributed by atoms with Gasteiger partial charge in [-0.2, -0.15) is 4.98 Å². The molecule has 0 amide bonds. The van der Waals surface area contributed by atoms with Gasteiger partial charge in [0.2, 0.25) is 5.95 Å². The molecule has 7 nitrogen and oxygen atoms in total. The summed E-state index contributed by atoms with van der Waals surface area (Å²) in [6.45, 7) is 3.69. The number of nitrogens with two attached hydrogens (primary N) is 1. The summed E-state index contributed by atoms with van der Waals surface area (Å²) in [4.78, 5) is 18.2. The molecule has 1 aliphatic carbocycles. The average Bonchev–Trinajstić information content (AvgIpc) is 2.26. The zero-order valence-corrected chi connectivity index (χ0v) is 11.1. The molecule has 0 bridgehead atoms. The number of ether oxygens (including phenoxy) is 1. The van der Waals surface area contributed by atoms with Crippen molar-refractivity contribution >= 4 is 11.6 Å². The van der Waals surface area contributed by atoms with Gasteiger partial charge < -0.3 is 10.5 Å². The van der Waals surface area contributed by atoms with Crippen LogP contribution in [0.15, 0.2) is 0 Å². The van der Waals surface area contributed by atoms with Gasteiger partial charge in [-0.15, -0.1) is 0 Å². The number of hydrogen-bond donors (Lipinski definition) is 1. The van der Waals surface area contributed by atoms with Crippen LogP contribution in [0.4, 0.5) is 11.6 Å². The summed E-state index contributed by atoms with van der Waals surface area (Å²) in [6, 6.07) is 0. The second-order valence-electron chi connectivity index (χ2n) is 5.09. The minimum absolute atomic E-state index is 0.00181. The Bertz CT molecular complexity index is 492. The third-order valence-electron chi connectivity index (χ3n) is 3.39. The minimum Gasteiger partial charge on any atom is -0.469 e. The number of aryl methyl sites for hydroxylation is 1. The van der Waals surface area contributed by atoms with E-state index >= 15 is 0 Å². The molecule has 1 aromatic rings. The second kappa shape index (κ2) is 5.38. The molecule has 2 N–H and O–H groups in total. The highest BCUT2D eigenvalue weighted by Gasteiger charge is 2.27. The van der Waals surface area contributed by atoms with E-state index in [-0.39, 0.29) is 29.3 Å². The lowest BCUT2D eigenvalue weighted by atomic mass is 9.89. The van der Waals surface area contributed by atoms with Gasteiger partial charge in [0, 0.05) is 0 Å². The van der Waals surface area contributed by atoms with Crippen molar-refractivity contribution in [3.8, 4) is 5.88 Å². The van der Waals surface area contributed by atoms with Crippen molar-refractivity contribution in [3.05, 3.63) is 15.8 Å². The van der Waals surface area contributed by atoms with Crippen LogP contribution in [-0.4, -0.2) is 21.0 Å². The van der Waals surface area contributed by atoms with Crippen molar-refractivity contribution in [1.82, 2.24) is 9.97 Å². The maximum absolute atomic E-state index is 11.1. The Labute approximate surface area is 111 Å². The summed E-state index contributed by atoms with van der Waals surface area (Å²) < 4.78 is 5.71. The number of nitrogens with zero attached hydrogens (tertiary/aromatic N) is 3. The SMILES string of the molecule is Cc1nc(N)nc(OC2CCCC(C)C2)c1[N+](=O)[O-]. The van der Waals surface area contributed by atoms with Crippen LogP contribution in [0.3, 0.4) is 0 Å². The fourth-order valence-electron chi connectivity index (χ4n) is 2.50. The fourth-order valence-corrected chi connectivity index (χ4v) is 2.50. The van der Waals surface area contributed by atoms with E-state index in [0.717, 1.165) is 19.3 Å². The van der Waals surface area contributed by atoms with Gasteiger partial charge in [0.15, 0.2) is 0 Å². The van der Waals surface area contributed by atoms with Crippen molar-refractivity contribution in [2.45, 2.75) is 45.6 Å². The largest absolute Gasteiger partial charge is 0.469 e. The highest BCUT2D eigenvalue weighted by atomic mass is 16.6. The van der Waals surface area contributed by atoms with E-state index in [9.17, 15) is 10.1 Å². The van der Waals surface area contributed by atoms with Gasteiger partial charge in [-0.25, -0.2) is 4.98 Å². The molecule has 1 aromatic heterocycles. The van der Waals surface area contributed by atoms with E-state index in [0.29, 0.717) is 5.92 Å². The van der Waals surface area contributed by atoms with Crippen molar-refractivity contribution < 1.29 is 9.66 Å². The zero-order chi connectivity index (χ0) is 14.0. The van der Waals surface area contributed by atoms with E-state index in [1.54, 1.807) is 0 Å². The molecule has 1 fully saturated rings. The van der Waals surface area contributed by atoms with Crippen LogP contribution >= 0.6 is 0 Å². The molecule has 1 heterocycles. The van der Waals surface area contributed by atoms with Crippen LogP contribution in [0.1, 0.15) is 38.3 Å². The van der Waals surface area contributed by atoms with E-state index in [1.807, 2.05) is 0 Å². The number of rotatable bonds is 3. The van der Waals surface area contributed by atoms with Gasteiger partial charge in [-0.05, 0) is 32.1 Å². The van der Waals surface area contributed by atoms with Crippen molar-refractivity contribution in [2.75, 3.05) is 5.73 Å². The number of nitrogen functional groups attached to an aromatic ring is 1. The Hall–Kier alpha value is -1.92. The van der Waals surface area contributed by atoms with Crippen LogP contribution in [0.25, 0.3) is 0 Å². The molecule has 0 radical (unpaired) electrons. The van der Waals surface area contributed by atoms with Gasteiger partial charge in [0.25, 0.3) is 5.88 Å². The van der Waals surface area contributed by atoms with Gasteiger partial charge in [-0.3, -0.25) is 10.1 Å². The Kier molecular flexibility index (Phi) is 3.82. The summed E-state index contributed by atoms with van der Waals surface area (Å²) in [5, 5.41) is 11.1. The third-order valence-corrected chi connectivity index (χ3v) is 3.39. The standard InChI is InChI=1S/C12H18N4O3/c1-7-4-3-5-9(6-7)19-11-10(16(17)18)8(2)14-12(13)15-11/h7,9H,3-6H2,1-2H3,(H2,13,14,15). The number of anilines is 1. The van der Waals surface area contributed by atoms with E-state index in [1.165, 1.54) is 13.3 Å². The van der Waals surface area contributed by atoms with Crippen molar-refractivity contribution in [1.29, 1.82) is 0 Å². The predicted octanol–water partition coefficient (Wildman–Crippen LogP) is 2.23. The first kappa shape index (κ1) is 13.5. The molecule has 0 aliphatic heterocycles. The Morgan fingerprint density at radius 3 is 2.79 bits per heavy atom. The summed E-state index contributed by atoms with van der Waals surface area (Å²) in [7, 11) is 0. The number of nitro groups is 1. The smallest absolute Gasteiger partial charge is 0.352 e. The second-order valence-corrected chi connectivity index (χ2v) is 5.09. The molecule has 2 atom stereocenters. The van der Waals surface area contributed by atoms with Crippen LogP contribution in [0.2, 0.25) is 0 Å². The van der Waals surface area contributed by atoms with Gasteiger partial charge in [-0.1, -0.05) is 13.3 Å². The minimum atomic E-state index is -0.517. The Morgan fingerprint density at radius 2 is 2.16 bits per heavy atom. The summed E-state index contributed by atoms with van der Waals surface area (Å²) in [5.41, 5.74) is 5.58. The zero-order valence-electron chi connectivity index (χ0n) is 11.1. The third kappa shape index (κ3) is 3.10. The van der Waals surface area contributed by atoms with E-state index in [2.05, 4.69) is 16.9 Å². The predicted molar refractivity (Wildman–Crippen MR) is 69.9 cm³/mol. The highest BCUT2D eigenvalue weighted by Crippen LogP contribution is 2.32. The molecule has 2 unspecified atom stereocenters. The molecule has 0 saturated heterocycles. The molecule has 1 aliphatic rings. The maximum Gasteiger partial charge on any atom is 0.352 e. The molecule has 7 heteroatoms. The molecule has 104 valence electrons. The summed E-state index contributed by atoms with van der Waals surface area (Å²) in [5.74, 6) is 0.564. The lowest BCUT2D eigenvalue weighted by Crippen LogP contribution is -2.25. The molecule has 1 saturated carbocycles. The topological polar surface area (TPSA) is 104 Å². The number of aromatic nitrogens is 2. The number of hydrogen-bond acceptors (Lipinski definition) is 6. The lowest BCUT2D eigenvalue weighted by molar-refractivity contribution is -0.387. The van der Waals surface area contributed by atoms with Gasteiger partial charge in [0.1, 0.15) is 11.8 Å². The fraction of sp³-hybridized carbons (Fsp3) is 0.667. The normalized spacial score (nSPS) is 23.1. The Balaban J connectivity index is 2.25. The molecule has 19 heavy (non-hydrogen) atoms. The first-order valence-corrected chi connectivity index (χ1v) is 6.42. The Morgan fingerprint density at radius 1 is 1.42 bits per heavy atom. The van der Waals surface area contributed by atoms with Crippen molar-refractivity contribution in [2.24, 2.45) is 5.92 Å². The first-order chi connectivity index (χ1) is 8.97. The lowest BCUT2D eigenvalue weighted by Gasteiger charge is -2.26. The average molecular weight is 266 g/mol. The quantitative estimate of drug-likeness (QED) is 0.664. The van der Waals surface area contributed by atoms with Gasteiger partial charge >= 0.3 is 5.69 Å². The van der Waals surface area contributed by atoms with E-state index < -0.39 is 4.92 Å². The van der Waals surface area contributed by atoms with Crippen LogP contribution < -0.4 is 10.5 Å².